The first kappa shape index (κ1) is 15.1. The molecule has 1 aromatic carbocycles. The van der Waals surface area contributed by atoms with Gasteiger partial charge in [-0.15, -0.1) is 11.8 Å². The fourth-order valence-electron chi connectivity index (χ4n) is 1.72. The summed E-state index contributed by atoms with van der Waals surface area (Å²) in [6.07, 6.45) is 1.82. The molecule has 0 aliphatic carbocycles. The van der Waals surface area contributed by atoms with E-state index in [2.05, 4.69) is 0 Å². The molecule has 2 atom stereocenters. The second-order valence-corrected chi connectivity index (χ2v) is 5.03. The number of aliphatic hydroxyl groups excluding tert-OH is 1. The number of hydrogen-bond donors (Lipinski definition) is 1. The molecule has 0 aliphatic rings. The molecule has 3 nitrogen and oxygen atoms in total. The van der Waals surface area contributed by atoms with E-state index in [0.717, 1.165) is 5.56 Å². The van der Waals surface area contributed by atoms with E-state index in [0.29, 0.717) is 13.0 Å². The molecule has 0 fully saturated rings. The second kappa shape index (κ2) is 7.44. The van der Waals surface area contributed by atoms with Gasteiger partial charge in [0, 0.05) is 4.90 Å². The number of thioether (sulfide) groups is 1. The van der Waals surface area contributed by atoms with Crippen LogP contribution in [0.4, 0.5) is 0 Å². The zero-order chi connectivity index (χ0) is 13.5. The summed E-state index contributed by atoms with van der Waals surface area (Å²) in [5.74, 6) is -0.827. The summed E-state index contributed by atoms with van der Waals surface area (Å²) in [6.45, 7) is 3.73. The van der Waals surface area contributed by atoms with Gasteiger partial charge >= 0.3 is 5.97 Å². The lowest BCUT2D eigenvalue weighted by atomic mass is 9.95. The fourth-order valence-corrected chi connectivity index (χ4v) is 2.12. The second-order valence-electron chi connectivity index (χ2n) is 4.15. The molecule has 0 heterocycles. The van der Waals surface area contributed by atoms with Crippen LogP contribution in [-0.2, 0) is 16.0 Å². The number of carbonyl (C=O) groups excluding carboxylic acids is 1. The monoisotopic (exact) mass is 268 g/mol. The van der Waals surface area contributed by atoms with E-state index < -0.39 is 12.0 Å². The van der Waals surface area contributed by atoms with Gasteiger partial charge in [0.25, 0.3) is 0 Å². The Labute approximate surface area is 113 Å². The summed E-state index contributed by atoms with van der Waals surface area (Å²) in [5, 5.41) is 9.67. The highest BCUT2D eigenvalue weighted by Crippen LogP contribution is 2.19. The fraction of sp³-hybridized carbons (Fsp3) is 0.500. The van der Waals surface area contributed by atoms with Crippen LogP contribution in [0.25, 0.3) is 0 Å². The molecule has 0 aromatic heterocycles. The summed E-state index contributed by atoms with van der Waals surface area (Å²) in [6, 6.07) is 8.01. The summed E-state index contributed by atoms with van der Waals surface area (Å²) in [4.78, 5) is 12.9. The van der Waals surface area contributed by atoms with E-state index in [1.807, 2.05) is 30.5 Å². The van der Waals surface area contributed by atoms with E-state index in [9.17, 15) is 9.90 Å². The highest BCUT2D eigenvalue weighted by Gasteiger charge is 2.25. The van der Waals surface area contributed by atoms with Crippen LogP contribution in [0.3, 0.4) is 0 Å². The van der Waals surface area contributed by atoms with Crippen molar-refractivity contribution in [2.75, 3.05) is 12.9 Å². The molecule has 4 heteroatoms. The molecular formula is C14H20O3S. The molecule has 0 spiro atoms. The number of ether oxygens (including phenoxy) is 1. The average molecular weight is 268 g/mol. The van der Waals surface area contributed by atoms with Crippen molar-refractivity contribution in [2.45, 2.75) is 31.3 Å². The van der Waals surface area contributed by atoms with Gasteiger partial charge in [0.05, 0.1) is 18.6 Å². The van der Waals surface area contributed by atoms with Crippen LogP contribution in [0, 0.1) is 5.92 Å². The van der Waals surface area contributed by atoms with Crippen LogP contribution < -0.4 is 0 Å². The molecule has 1 aromatic rings. The minimum absolute atomic E-state index is 0.332. The Morgan fingerprint density at radius 1 is 1.39 bits per heavy atom. The van der Waals surface area contributed by atoms with Crippen LogP contribution in [-0.4, -0.2) is 30.0 Å². The minimum atomic E-state index is -0.704. The normalized spacial score (nSPS) is 14.0. The van der Waals surface area contributed by atoms with Crippen molar-refractivity contribution in [3.05, 3.63) is 29.8 Å². The topological polar surface area (TPSA) is 46.5 Å². The van der Waals surface area contributed by atoms with Crippen LogP contribution >= 0.6 is 11.8 Å². The standard InChI is InChI=1S/C14H20O3S/c1-4-17-14(16)13(10(2)15)9-11-5-7-12(18-3)8-6-11/h5-8,10,13,15H,4,9H2,1-3H3. The van der Waals surface area contributed by atoms with Crippen molar-refractivity contribution < 1.29 is 14.6 Å². The maximum Gasteiger partial charge on any atom is 0.311 e. The Bertz CT molecular complexity index is 373. The predicted molar refractivity (Wildman–Crippen MR) is 73.7 cm³/mol. The maximum atomic E-state index is 11.7. The maximum absolute atomic E-state index is 11.7. The Balaban J connectivity index is 2.73. The summed E-state index contributed by atoms with van der Waals surface area (Å²) >= 11 is 1.68. The number of benzene rings is 1. The molecule has 0 saturated heterocycles. The molecule has 2 unspecified atom stereocenters. The first-order chi connectivity index (χ1) is 8.58. The lowest BCUT2D eigenvalue weighted by Crippen LogP contribution is -2.29. The summed E-state index contributed by atoms with van der Waals surface area (Å²) in [5.41, 5.74) is 1.03. The van der Waals surface area contributed by atoms with Gasteiger partial charge in [-0.25, -0.2) is 0 Å². The largest absolute Gasteiger partial charge is 0.466 e. The number of esters is 1. The molecule has 0 radical (unpaired) electrons. The van der Waals surface area contributed by atoms with Crippen molar-refractivity contribution in [2.24, 2.45) is 5.92 Å². The number of aliphatic hydroxyl groups is 1. The number of rotatable bonds is 6. The van der Waals surface area contributed by atoms with Crippen LogP contribution in [0.2, 0.25) is 0 Å². The Kier molecular flexibility index (Phi) is 6.22. The van der Waals surface area contributed by atoms with Crippen molar-refractivity contribution in [3.8, 4) is 0 Å². The third-order valence-electron chi connectivity index (χ3n) is 2.79. The van der Waals surface area contributed by atoms with Crippen LogP contribution in [0.15, 0.2) is 29.2 Å². The van der Waals surface area contributed by atoms with Gasteiger partial charge in [-0.05, 0) is 44.2 Å². The van der Waals surface area contributed by atoms with Gasteiger partial charge in [0.1, 0.15) is 0 Å². The SMILES string of the molecule is CCOC(=O)C(Cc1ccc(SC)cc1)C(C)O. The van der Waals surface area contributed by atoms with Crippen molar-refractivity contribution in [1.29, 1.82) is 0 Å². The highest BCUT2D eigenvalue weighted by atomic mass is 32.2. The summed E-state index contributed by atoms with van der Waals surface area (Å²) in [7, 11) is 0. The lowest BCUT2D eigenvalue weighted by molar-refractivity contribution is -0.151. The van der Waals surface area contributed by atoms with E-state index in [1.54, 1.807) is 25.6 Å². The molecule has 100 valence electrons. The van der Waals surface area contributed by atoms with Crippen molar-refractivity contribution in [3.63, 3.8) is 0 Å². The molecule has 0 aliphatic heterocycles. The van der Waals surface area contributed by atoms with Gasteiger partial charge in [-0.2, -0.15) is 0 Å². The molecule has 18 heavy (non-hydrogen) atoms. The van der Waals surface area contributed by atoms with Gasteiger partial charge in [0.15, 0.2) is 0 Å². The molecule has 0 bridgehead atoms. The predicted octanol–water partition coefficient (Wildman–Crippen LogP) is 2.51. The van der Waals surface area contributed by atoms with Crippen molar-refractivity contribution in [1.82, 2.24) is 0 Å². The molecule has 1 N–H and O–H groups in total. The Morgan fingerprint density at radius 2 is 2.00 bits per heavy atom. The third kappa shape index (κ3) is 4.35. The van der Waals surface area contributed by atoms with E-state index in [1.165, 1.54) is 4.90 Å². The molecule has 0 saturated carbocycles. The van der Waals surface area contributed by atoms with E-state index >= 15 is 0 Å². The van der Waals surface area contributed by atoms with Gasteiger partial charge < -0.3 is 9.84 Å². The van der Waals surface area contributed by atoms with Crippen LogP contribution in [0.5, 0.6) is 0 Å². The Hall–Kier alpha value is -1.00. The van der Waals surface area contributed by atoms with Crippen LogP contribution in [0.1, 0.15) is 19.4 Å². The first-order valence-electron chi connectivity index (χ1n) is 6.06. The quantitative estimate of drug-likeness (QED) is 0.636. The zero-order valence-electron chi connectivity index (χ0n) is 11.1. The number of hydrogen-bond acceptors (Lipinski definition) is 4. The average Bonchev–Trinajstić information content (AvgIpc) is 2.36. The molecule has 1 rings (SSSR count). The van der Waals surface area contributed by atoms with E-state index in [4.69, 9.17) is 4.74 Å². The minimum Gasteiger partial charge on any atom is -0.466 e. The van der Waals surface area contributed by atoms with Gasteiger partial charge in [-0.1, -0.05) is 12.1 Å². The lowest BCUT2D eigenvalue weighted by Gasteiger charge is -2.18. The van der Waals surface area contributed by atoms with Crippen molar-refractivity contribution >= 4 is 17.7 Å². The first-order valence-corrected chi connectivity index (χ1v) is 7.28. The highest BCUT2D eigenvalue weighted by molar-refractivity contribution is 7.98. The van der Waals surface area contributed by atoms with E-state index in [-0.39, 0.29) is 5.97 Å². The molecular weight excluding hydrogens is 248 g/mol. The number of carbonyl (C=O) groups is 1. The zero-order valence-corrected chi connectivity index (χ0v) is 11.9. The third-order valence-corrected chi connectivity index (χ3v) is 3.53. The molecule has 0 amide bonds. The Morgan fingerprint density at radius 3 is 2.44 bits per heavy atom. The summed E-state index contributed by atoms with van der Waals surface area (Å²) < 4.78 is 4.98. The smallest absolute Gasteiger partial charge is 0.311 e. The van der Waals surface area contributed by atoms with Gasteiger partial charge in [-0.3, -0.25) is 4.79 Å². The van der Waals surface area contributed by atoms with Gasteiger partial charge in [0.2, 0.25) is 0 Å².